The maximum absolute atomic E-state index is 12.1. The molecule has 0 radical (unpaired) electrons. The summed E-state index contributed by atoms with van der Waals surface area (Å²) in [6, 6.07) is 0. The fourth-order valence-corrected chi connectivity index (χ4v) is 2.80. The van der Waals surface area contributed by atoms with Gasteiger partial charge in [-0.2, -0.15) is 0 Å². The molecule has 1 aliphatic heterocycles. The van der Waals surface area contributed by atoms with Crippen molar-refractivity contribution in [2.24, 2.45) is 5.92 Å². The average molecular weight is 349 g/mol. The smallest absolute Gasteiger partial charge is 0.410 e. The van der Waals surface area contributed by atoms with Gasteiger partial charge >= 0.3 is 6.09 Å². The van der Waals surface area contributed by atoms with Gasteiger partial charge in [-0.15, -0.1) is 0 Å². The zero-order valence-electron chi connectivity index (χ0n) is 15.3. The molecule has 0 spiro atoms. The molecule has 7 heteroatoms. The summed E-state index contributed by atoms with van der Waals surface area (Å²) in [5, 5.41) is 3.25. The van der Waals surface area contributed by atoms with E-state index in [2.05, 4.69) is 5.32 Å². The van der Waals surface area contributed by atoms with Crippen molar-refractivity contribution < 1.29 is 17.9 Å². The molecule has 136 valence electrons. The lowest BCUT2D eigenvalue weighted by Gasteiger charge is -2.34. The molecule has 1 fully saturated rings. The van der Waals surface area contributed by atoms with Crippen molar-refractivity contribution >= 4 is 15.9 Å². The monoisotopic (exact) mass is 348 g/mol. The summed E-state index contributed by atoms with van der Waals surface area (Å²) in [4.78, 5) is 13.9. The van der Waals surface area contributed by atoms with E-state index in [1.54, 1.807) is 18.7 Å². The van der Waals surface area contributed by atoms with Crippen LogP contribution in [0.25, 0.3) is 0 Å². The fraction of sp³-hybridized carbons (Fsp3) is 0.938. The highest BCUT2D eigenvalue weighted by Gasteiger charge is 2.31. The van der Waals surface area contributed by atoms with Gasteiger partial charge in [0.05, 0.1) is 4.75 Å². The van der Waals surface area contributed by atoms with Gasteiger partial charge in [-0.25, -0.2) is 13.2 Å². The van der Waals surface area contributed by atoms with Crippen molar-refractivity contribution in [2.45, 2.75) is 57.8 Å². The molecule has 1 unspecified atom stereocenters. The van der Waals surface area contributed by atoms with E-state index in [1.807, 2.05) is 20.8 Å². The lowest BCUT2D eigenvalue weighted by molar-refractivity contribution is 0.0166. The molecule has 23 heavy (non-hydrogen) atoms. The molecule has 0 aromatic rings. The van der Waals surface area contributed by atoms with E-state index in [4.69, 9.17) is 4.74 Å². The molecule has 0 aliphatic carbocycles. The van der Waals surface area contributed by atoms with Crippen molar-refractivity contribution in [1.29, 1.82) is 0 Å². The molecule has 1 saturated heterocycles. The number of carbonyl (C=O) groups is 1. The molecule has 6 nitrogen and oxygen atoms in total. The van der Waals surface area contributed by atoms with Gasteiger partial charge in [-0.05, 0) is 59.9 Å². The summed E-state index contributed by atoms with van der Waals surface area (Å²) < 4.78 is 28.0. The minimum absolute atomic E-state index is 0.265. The first kappa shape index (κ1) is 20.2. The van der Waals surface area contributed by atoms with Crippen LogP contribution in [0.1, 0.15) is 47.5 Å². The molecule has 1 atom stereocenters. The molecule has 1 heterocycles. The molecule has 0 bridgehead atoms. The number of ether oxygens (including phenoxy) is 1. The van der Waals surface area contributed by atoms with Crippen LogP contribution in [0.15, 0.2) is 0 Å². The predicted molar refractivity (Wildman–Crippen MR) is 92.3 cm³/mol. The van der Waals surface area contributed by atoms with Crippen LogP contribution >= 0.6 is 0 Å². The largest absolute Gasteiger partial charge is 0.444 e. The number of rotatable bonds is 5. The Bertz CT molecular complexity index is 509. The number of nitrogens with zero attached hydrogens (tertiary/aromatic N) is 1. The Morgan fingerprint density at radius 2 is 1.87 bits per heavy atom. The summed E-state index contributed by atoms with van der Waals surface area (Å²) in [6.07, 6.45) is 2.98. The van der Waals surface area contributed by atoms with Gasteiger partial charge in [-0.1, -0.05) is 0 Å². The SMILES string of the molecule is CC(C)(C)OC(=O)N1CCCC(CNCC(C)(C)S(C)(=O)=O)C1. The van der Waals surface area contributed by atoms with E-state index in [1.165, 1.54) is 6.26 Å². The van der Waals surface area contributed by atoms with Crippen LogP contribution in [-0.2, 0) is 14.6 Å². The van der Waals surface area contributed by atoms with Crippen LogP contribution in [0.4, 0.5) is 4.79 Å². The summed E-state index contributed by atoms with van der Waals surface area (Å²) >= 11 is 0. The predicted octanol–water partition coefficient (Wildman–Crippen LogP) is 2.05. The second-order valence-corrected chi connectivity index (χ2v) is 10.7. The molecule has 0 aromatic carbocycles. The normalized spacial score (nSPS) is 20.4. The van der Waals surface area contributed by atoms with Gasteiger partial charge in [0.2, 0.25) is 0 Å². The lowest BCUT2D eigenvalue weighted by atomic mass is 9.98. The number of nitrogens with one attached hydrogen (secondary N) is 1. The molecule has 1 N–H and O–H groups in total. The number of carbonyl (C=O) groups excluding carboxylic acids is 1. The topological polar surface area (TPSA) is 75.7 Å². The van der Waals surface area contributed by atoms with Crippen LogP contribution < -0.4 is 5.32 Å². The second-order valence-electron chi connectivity index (χ2n) is 8.10. The van der Waals surface area contributed by atoms with E-state index in [0.717, 1.165) is 19.4 Å². The fourth-order valence-electron chi connectivity index (χ4n) is 2.43. The van der Waals surface area contributed by atoms with Crippen LogP contribution in [-0.4, -0.2) is 62.2 Å². The molecule has 1 aliphatic rings. The van der Waals surface area contributed by atoms with Crippen LogP contribution in [0, 0.1) is 5.92 Å². The molecule has 0 aromatic heterocycles. The maximum Gasteiger partial charge on any atom is 0.410 e. The molecular formula is C16H32N2O4S. The van der Waals surface area contributed by atoms with E-state index < -0.39 is 20.2 Å². The van der Waals surface area contributed by atoms with Crippen molar-refractivity contribution in [3.8, 4) is 0 Å². The summed E-state index contributed by atoms with van der Waals surface area (Å²) in [5.41, 5.74) is -0.484. The number of sulfone groups is 1. The Morgan fingerprint density at radius 3 is 2.39 bits per heavy atom. The third-order valence-electron chi connectivity index (χ3n) is 4.16. The van der Waals surface area contributed by atoms with Crippen molar-refractivity contribution in [3.05, 3.63) is 0 Å². The van der Waals surface area contributed by atoms with Crippen LogP contribution in [0.5, 0.6) is 0 Å². The first-order valence-electron chi connectivity index (χ1n) is 8.20. The van der Waals surface area contributed by atoms with Gasteiger partial charge in [-0.3, -0.25) is 0 Å². The Labute approximate surface area is 140 Å². The van der Waals surface area contributed by atoms with Crippen molar-refractivity contribution in [3.63, 3.8) is 0 Å². The summed E-state index contributed by atoms with van der Waals surface area (Å²) in [6.45, 7) is 11.5. The number of hydrogen-bond acceptors (Lipinski definition) is 5. The third kappa shape index (κ3) is 6.67. The number of amides is 1. The van der Waals surface area contributed by atoms with Gasteiger partial charge < -0.3 is 15.0 Å². The summed E-state index contributed by atoms with van der Waals surface area (Å²) in [7, 11) is -3.10. The van der Waals surface area contributed by atoms with Crippen molar-refractivity contribution in [1.82, 2.24) is 10.2 Å². The quantitative estimate of drug-likeness (QED) is 0.823. The molecule has 1 amide bonds. The highest BCUT2D eigenvalue weighted by molar-refractivity contribution is 7.92. The standard InChI is InChI=1S/C16H32N2O4S/c1-15(2,3)22-14(19)18-9-7-8-13(11-18)10-17-12-16(4,5)23(6,20)21/h13,17H,7-12H2,1-6H3. The summed E-state index contributed by atoms with van der Waals surface area (Å²) in [5.74, 6) is 0.326. The number of likely N-dealkylation sites (tertiary alicyclic amines) is 1. The van der Waals surface area contributed by atoms with E-state index in [0.29, 0.717) is 25.6 Å². The highest BCUT2D eigenvalue weighted by atomic mass is 32.2. The first-order chi connectivity index (χ1) is 10.3. The lowest BCUT2D eigenvalue weighted by Crippen LogP contribution is -2.47. The van der Waals surface area contributed by atoms with Gasteiger partial charge in [0.15, 0.2) is 9.84 Å². The number of piperidine rings is 1. The Hall–Kier alpha value is -0.820. The Balaban J connectivity index is 2.46. The van der Waals surface area contributed by atoms with Crippen molar-refractivity contribution in [2.75, 3.05) is 32.4 Å². The van der Waals surface area contributed by atoms with Crippen LogP contribution in [0.3, 0.4) is 0 Å². The Morgan fingerprint density at radius 1 is 1.26 bits per heavy atom. The molecule has 1 rings (SSSR count). The number of hydrogen-bond donors (Lipinski definition) is 1. The third-order valence-corrected chi connectivity index (χ3v) is 6.31. The zero-order valence-corrected chi connectivity index (χ0v) is 16.1. The highest BCUT2D eigenvalue weighted by Crippen LogP contribution is 2.19. The minimum Gasteiger partial charge on any atom is -0.444 e. The van der Waals surface area contributed by atoms with Crippen LogP contribution in [0.2, 0.25) is 0 Å². The minimum atomic E-state index is -3.10. The van der Waals surface area contributed by atoms with Gasteiger partial charge in [0, 0.05) is 25.9 Å². The van der Waals surface area contributed by atoms with E-state index in [-0.39, 0.29) is 6.09 Å². The van der Waals surface area contributed by atoms with E-state index >= 15 is 0 Å². The van der Waals surface area contributed by atoms with E-state index in [9.17, 15) is 13.2 Å². The average Bonchev–Trinajstić information content (AvgIpc) is 2.35. The van der Waals surface area contributed by atoms with Gasteiger partial charge in [0.1, 0.15) is 5.60 Å². The Kier molecular flexibility index (Phi) is 6.49. The zero-order chi connectivity index (χ0) is 17.9. The molecular weight excluding hydrogens is 316 g/mol. The van der Waals surface area contributed by atoms with Gasteiger partial charge in [0.25, 0.3) is 0 Å². The molecule has 0 saturated carbocycles. The first-order valence-corrected chi connectivity index (χ1v) is 10.1. The second kappa shape index (κ2) is 7.38. The maximum atomic E-state index is 12.1.